The average molecular weight is 315 g/mol. The smallest absolute Gasteiger partial charge is 0.245 e. The van der Waals surface area contributed by atoms with Gasteiger partial charge in [0.1, 0.15) is 5.01 Å². The predicted octanol–water partition coefficient (Wildman–Crippen LogP) is 3.43. The third-order valence-corrected chi connectivity index (χ3v) is 4.98. The van der Waals surface area contributed by atoms with Gasteiger partial charge in [-0.1, -0.05) is 36.4 Å². The van der Waals surface area contributed by atoms with Crippen molar-refractivity contribution < 1.29 is 8.42 Å². The zero-order valence-electron chi connectivity index (χ0n) is 10.9. The molecular formula is C15H11N2O2S2. The summed E-state index contributed by atoms with van der Waals surface area (Å²) in [5.41, 5.74) is 0.985. The molecule has 3 aromatic rings. The van der Waals surface area contributed by atoms with E-state index in [-0.39, 0.29) is 4.90 Å². The van der Waals surface area contributed by atoms with Crippen LogP contribution in [0.15, 0.2) is 71.1 Å². The fourth-order valence-electron chi connectivity index (χ4n) is 1.90. The molecule has 0 saturated heterocycles. The highest BCUT2D eigenvalue weighted by atomic mass is 32.2. The summed E-state index contributed by atoms with van der Waals surface area (Å²) in [4.78, 5) is 4.35. The molecule has 0 saturated carbocycles. The molecule has 3 rings (SSSR count). The Morgan fingerprint density at radius 1 is 0.952 bits per heavy atom. The maximum Gasteiger partial charge on any atom is 0.283 e. The fourth-order valence-corrected chi connectivity index (χ4v) is 3.83. The van der Waals surface area contributed by atoms with Crippen LogP contribution in [0.1, 0.15) is 0 Å². The van der Waals surface area contributed by atoms with Crippen LogP contribution in [0.2, 0.25) is 0 Å². The van der Waals surface area contributed by atoms with Gasteiger partial charge in [0.05, 0.1) is 10.6 Å². The normalized spacial score (nSPS) is 11.2. The zero-order valence-corrected chi connectivity index (χ0v) is 12.5. The number of hydrogen-bond donors (Lipinski definition) is 0. The van der Waals surface area contributed by atoms with E-state index in [4.69, 9.17) is 0 Å². The summed E-state index contributed by atoms with van der Waals surface area (Å²) in [7, 11) is -3.78. The standard InChI is InChI=1S/C15H11N2O2S2/c18-21(19,17-12-6-2-1-3-7-12)14-9-5-4-8-13(14)15-16-10-11-20-15/h1-11H. The predicted molar refractivity (Wildman–Crippen MR) is 83.0 cm³/mol. The second-order valence-electron chi connectivity index (χ2n) is 4.24. The molecule has 1 radical (unpaired) electrons. The molecule has 0 fully saturated rings. The van der Waals surface area contributed by atoms with Crippen LogP contribution in [-0.4, -0.2) is 13.4 Å². The summed E-state index contributed by atoms with van der Waals surface area (Å²) in [5.74, 6) is 0. The Hall–Kier alpha value is -2.18. The van der Waals surface area contributed by atoms with E-state index in [1.807, 2.05) is 11.4 Å². The van der Waals surface area contributed by atoms with Crippen molar-refractivity contribution in [1.29, 1.82) is 0 Å². The monoisotopic (exact) mass is 315 g/mol. The molecule has 0 aliphatic heterocycles. The molecule has 4 nitrogen and oxygen atoms in total. The Bertz CT molecular complexity index is 829. The molecule has 0 aliphatic rings. The van der Waals surface area contributed by atoms with Gasteiger partial charge in [-0.15, -0.1) is 11.3 Å². The van der Waals surface area contributed by atoms with Crippen molar-refractivity contribution in [1.82, 2.24) is 9.71 Å². The van der Waals surface area contributed by atoms with Crippen LogP contribution in [0.5, 0.6) is 0 Å². The van der Waals surface area contributed by atoms with Gasteiger partial charge in [-0.3, -0.25) is 0 Å². The lowest BCUT2D eigenvalue weighted by atomic mass is 10.2. The van der Waals surface area contributed by atoms with E-state index in [2.05, 4.69) is 9.71 Å². The van der Waals surface area contributed by atoms with Gasteiger partial charge in [-0.25, -0.2) is 4.98 Å². The lowest BCUT2D eigenvalue weighted by Gasteiger charge is -2.08. The van der Waals surface area contributed by atoms with Gasteiger partial charge in [0.25, 0.3) is 10.0 Å². The van der Waals surface area contributed by atoms with Crippen LogP contribution >= 0.6 is 11.3 Å². The Morgan fingerprint density at radius 3 is 2.38 bits per heavy atom. The number of benzene rings is 2. The maximum absolute atomic E-state index is 12.5. The third kappa shape index (κ3) is 2.96. The summed E-state index contributed by atoms with van der Waals surface area (Å²) in [5, 5.41) is 2.48. The lowest BCUT2D eigenvalue weighted by molar-refractivity contribution is 0.590. The minimum Gasteiger partial charge on any atom is -0.245 e. The molecule has 0 N–H and O–H groups in total. The molecule has 0 aliphatic carbocycles. The summed E-state index contributed by atoms with van der Waals surface area (Å²) >= 11 is 1.40. The molecular weight excluding hydrogens is 304 g/mol. The van der Waals surface area contributed by atoms with Crippen molar-refractivity contribution in [2.45, 2.75) is 4.90 Å². The van der Waals surface area contributed by atoms with Gasteiger partial charge >= 0.3 is 0 Å². The first-order valence-corrected chi connectivity index (χ1v) is 8.51. The van der Waals surface area contributed by atoms with E-state index in [1.165, 1.54) is 11.3 Å². The molecule has 105 valence electrons. The SMILES string of the molecule is O=S(=O)([N]c1ccccc1)c1ccccc1-c1nccs1. The first-order valence-electron chi connectivity index (χ1n) is 6.19. The number of nitrogens with zero attached hydrogens (tertiary/aromatic N) is 2. The minimum absolute atomic E-state index is 0.170. The van der Waals surface area contributed by atoms with Gasteiger partial charge in [0, 0.05) is 17.1 Å². The van der Waals surface area contributed by atoms with Crippen LogP contribution in [-0.2, 0) is 10.0 Å². The van der Waals surface area contributed by atoms with Crippen molar-refractivity contribution in [2.24, 2.45) is 0 Å². The topological polar surface area (TPSA) is 61.1 Å². The second-order valence-corrected chi connectivity index (χ2v) is 6.70. The quantitative estimate of drug-likeness (QED) is 0.741. The van der Waals surface area contributed by atoms with Crippen molar-refractivity contribution in [3.8, 4) is 10.6 Å². The van der Waals surface area contributed by atoms with Gasteiger partial charge in [0.2, 0.25) is 0 Å². The van der Waals surface area contributed by atoms with E-state index in [0.717, 1.165) is 0 Å². The van der Waals surface area contributed by atoms with Crippen molar-refractivity contribution >= 4 is 27.0 Å². The first-order chi connectivity index (χ1) is 10.2. The Morgan fingerprint density at radius 2 is 1.67 bits per heavy atom. The van der Waals surface area contributed by atoms with Crippen molar-refractivity contribution in [2.75, 3.05) is 0 Å². The van der Waals surface area contributed by atoms with Gasteiger partial charge < -0.3 is 0 Å². The first kappa shape index (κ1) is 13.8. The molecule has 0 amide bonds. The summed E-state index contributed by atoms with van der Waals surface area (Å²) < 4.78 is 28.9. The largest absolute Gasteiger partial charge is 0.283 e. The molecule has 1 heterocycles. The average Bonchev–Trinajstić information content (AvgIpc) is 3.02. The highest BCUT2D eigenvalue weighted by molar-refractivity contribution is 7.89. The second kappa shape index (κ2) is 5.67. The Kier molecular flexibility index (Phi) is 3.72. The highest BCUT2D eigenvalue weighted by Gasteiger charge is 2.21. The maximum atomic E-state index is 12.5. The Balaban J connectivity index is 2.04. The molecule has 0 atom stereocenters. The van der Waals surface area contributed by atoms with Crippen LogP contribution in [0, 0.1) is 0 Å². The third-order valence-electron chi connectivity index (χ3n) is 2.81. The zero-order chi connectivity index (χ0) is 14.7. The van der Waals surface area contributed by atoms with Crippen molar-refractivity contribution in [3.63, 3.8) is 0 Å². The Labute approximate surface area is 127 Å². The lowest BCUT2D eigenvalue weighted by Crippen LogP contribution is -2.12. The van der Waals surface area contributed by atoms with Gasteiger partial charge in [-0.05, 0) is 18.2 Å². The number of thiazole rings is 1. The van der Waals surface area contributed by atoms with Crippen LogP contribution in [0.3, 0.4) is 0 Å². The molecule has 0 bridgehead atoms. The van der Waals surface area contributed by atoms with E-state index >= 15 is 0 Å². The van der Waals surface area contributed by atoms with Crippen LogP contribution < -0.4 is 4.72 Å². The number of sulfonamides is 1. The molecule has 1 aromatic heterocycles. The van der Waals surface area contributed by atoms with E-state index in [0.29, 0.717) is 16.3 Å². The van der Waals surface area contributed by atoms with E-state index in [1.54, 1.807) is 54.7 Å². The summed E-state index contributed by atoms with van der Waals surface area (Å²) in [6.07, 6.45) is 1.65. The highest BCUT2D eigenvalue weighted by Crippen LogP contribution is 2.29. The molecule has 0 spiro atoms. The van der Waals surface area contributed by atoms with E-state index < -0.39 is 10.0 Å². The molecule has 0 unspecified atom stereocenters. The molecule has 6 heteroatoms. The molecule has 2 aromatic carbocycles. The number of aromatic nitrogens is 1. The van der Waals surface area contributed by atoms with Gasteiger partial charge in [0.15, 0.2) is 0 Å². The van der Waals surface area contributed by atoms with E-state index in [9.17, 15) is 8.42 Å². The minimum atomic E-state index is -3.78. The van der Waals surface area contributed by atoms with Crippen LogP contribution in [0.25, 0.3) is 10.6 Å². The fraction of sp³-hybridized carbons (Fsp3) is 0. The van der Waals surface area contributed by atoms with Gasteiger partial charge in [-0.2, -0.15) is 13.1 Å². The summed E-state index contributed by atoms with van der Waals surface area (Å²) in [6.45, 7) is 0. The number of hydrogen-bond acceptors (Lipinski definition) is 4. The molecule has 21 heavy (non-hydrogen) atoms. The van der Waals surface area contributed by atoms with Crippen molar-refractivity contribution in [3.05, 3.63) is 66.2 Å². The number of rotatable bonds is 4. The summed E-state index contributed by atoms with van der Waals surface area (Å²) in [6, 6.07) is 15.4. The van der Waals surface area contributed by atoms with Crippen LogP contribution in [0.4, 0.5) is 5.69 Å².